The molecule has 24 heavy (non-hydrogen) atoms. The third-order valence-electron chi connectivity index (χ3n) is 4.01. The summed E-state index contributed by atoms with van der Waals surface area (Å²) in [6, 6.07) is 14.1. The summed E-state index contributed by atoms with van der Waals surface area (Å²) in [5, 5.41) is 3.91. The molecule has 1 aliphatic heterocycles. The maximum Gasteiger partial charge on any atom is 0.252 e. The van der Waals surface area contributed by atoms with Crippen molar-refractivity contribution in [1.29, 1.82) is 0 Å². The average Bonchev–Trinajstić information content (AvgIpc) is 2.95. The van der Waals surface area contributed by atoms with Gasteiger partial charge in [-0.2, -0.15) is 0 Å². The van der Waals surface area contributed by atoms with Crippen molar-refractivity contribution in [2.75, 3.05) is 18.0 Å². The summed E-state index contributed by atoms with van der Waals surface area (Å²) >= 11 is 11.9. The highest BCUT2D eigenvalue weighted by atomic mass is 35.5. The quantitative estimate of drug-likeness (QED) is 0.899. The minimum Gasteiger partial charge on any atom is -0.352 e. The summed E-state index contributed by atoms with van der Waals surface area (Å²) in [4.78, 5) is 26.1. The number of carbonyl (C=O) groups is 2. The van der Waals surface area contributed by atoms with Crippen LogP contribution in [0.3, 0.4) is 0 Å². The number of carbonyl (C=O) groups excluding carboxylic acids is 2. The minimum absolute atomic E-state index is 0.0503. The summed E-state index contributed by atoms with van der Waals surface area (Å²) in [6.07, 6.45) is 0.408. The van der Waals surface area contributed by atoms with Crippen LogP contribution in [0.4, 0.5) is 5.69 Å². The van der Waals surface area contributed by atoms with Crippen LogP contribution in [0.2, 0.25) is 10.0 Å². The highest BCUT2D eigenvalue weighted by molar-refractivity contribution is 6.33. The first-order valence-corrected chi connectivity index (χ1v) is 8.39. The van der Waals surface area contributed by atoms with Gasteiger partial charge in [-0.3, -0.25) is 9.59 Å². The first-order chi connectivity index (χ1) is 11.5. The average molecular weight is 363 g/mol. The lowest BCUT2D eigenvalue weighted by molar-refractivity contribution is -0.117. The molecule has 2 amide bonds. The Hall–Kier alpha value is -2.04. The van der Waals surface area contributed by atoms with Crippen molar-refractivity contribution in [3.8, 4) is 0 Å². The molecule has 0 radical (unpaired) electrons. The van der Waals surface area contributed by atoms with E-state index in [1.807, 2.05) is 12.1 Å². The van der Waals surface area contributed by atoms with Crippen molar-refractivity contribution in [1.82, 2.24) is 5.32 Å². The van der Waals surface area contributed by atoms with Crippen LogP contribution in [-0.4, -0.2) is 24.9 Å². The number of hydrogen-bond donors (Lipinski definition) is 1. The predicted molar refractivity (Wildman–Crippen MR) is 95.7 cm³/mol. The largest absolute Gasteiger partial charge is 0.352 e. The molecule has 1 N–H and O–H groups in total. The van der Waals surface area contributed by atoms with E-state index in [1.165, 1.54) is 0 Å². The molecule has 1 aliphatic rings. The van der Waals surface area contributed by atoms with Crippen molar-refractivity contribution in [2.24, 2.45) is 5.92 Å². The molecule has 0 spiro atoms. The minimum atomic E-state index is -0.224. The Bertz CT molecular complexity index is 762. The van der Waals surface area contributed by atoms with Gasteiger partial charge in [0.2, 0.25) is 5.91 Å². The lowest BCUT2D eigenvalue weighted by Crippen LogP contribution is -2.31. The van der Waals surface area contributed by atoms with Crippen LogP contribution in [0, 0.1) is 5.92 Å². The van der Waals surface area contributed by atoms with E-state index in [1.54, 1.807) is 41.3 Å². The molecule has 0 aromatic heterocycles. The number of rotatable bonds is 4. The highest BCUT2D eigenvalue weighted by Gasteiger charge is 2.30. The van der Waals surface area contributed by atoms with E-state index in [9.17, 15) is 9.59 Å². The third-order valence-corrected chi connectivity index (χ3v) is 4.59. The fraction of sp³-hybridized carbons (Fsp3) is 0.222. The van der Waals surface area contributed by atoms with Crippen molar-refractivity contribution >= 4 is 40.7 Å². The molecule has 3 rings (SSSR count). The fourth-order valence-electron chi connectivity index (χ4n) is 2.77. The predicted octanol–water partition coefficient (Wildman–Crippen LogP) is 3.78. The molecule has 2 aromatic rings. The summed E-state index contributed by atoms with van der Waals surface area (Å²) < 4.78 is 0. The summed E-state index contributed by atoms with van der Waals surface area (Å²) in [5.41, 5.74) is 1.27. The molecule has 1 atom stereocenters. The monoisotopic (exact) mass is 362 g/mol. The van der Waals surface area contributed by atoms with Gasteiger partial charge in [-0.05, 0) is 36.4 Å². The summed E-state index contributed by atoms with van der Waals surface area (Å²) in [5.74, 6) is -0.105. The van der Waals surface area contributed by atoms with Gasteiger partial charge >= 0.3 is 0 Å². The number of halogens is 2. The van der Waals surface area contributed by atoms with Gasteiger partial charge in [-0.25, -0.2) is 0 Å². The lowest BCUT2D eigenvalue weighted by Gasteiger charge is -2.17. The SMILES string of the molecule is O=C(NC[C@@H]1CC(=O)N(c2ccc(Cl)cc2)C1)c1ccccc1Cl. The summed E-state index contributed by atoms with van der Waals surface area (Å²) in [7, 11) is 0. The molecule has 2 aromatic carbocycles. The molecular weight excluding hydrogens is 347 g/mol. The number of nitrogens with zero attached hydrogens (tertiary/aromatic N) is 1. The van der Waals surface area contributed by atoms with E-state index in [4.69, 9.17) is 23.2 Å². The lowest BCUT2D eigenvalue weighted by atomic mass is 10.1. The van der Waals surface area contributed by atoms with Gasteiger partial charge < -0.3 is 10.2 Å². The van der Waals surface area contributed by atoms with Gasteiger partial charge in [0.1, 0.15) is 0 Å². The van der Waals surface area contributed by atoms with Crippen LogP contribution in [-0.2, 0) is 4.79 Å². The van der Waals surface area contributed by atoms with Crippen molar-refractivity contribution in [3.63, 3.8) is 0 Å². The Morgan fingerprint density at radius 3 is 2.54 bits per heavy atom. The fourth-order valence-corrected chi connectivity index (χ4v) is 3.11. The van der Waals surface area contributed by atoms with Crippen molar-refractivity contribution in [2.45, 2.75) is 6.42 Å². The zero-order valence-corrected chi connectivity index (χ0v) is 14.3. The molecule has 6 heteroatoms. The van der Waals surface area contributed by atoms with Gasteiger partial charge in [-0.1, -0.05) is 35.3 Å². The molecule has 124 valence electrons. The van der Waals surface area contributed by atoms with Crippen LogP contribution in [0.25, 0.3) is 0 Å². The van der Waals surface area contributed by atoms with E-state index < -0.39 is 0 Å². The second kappa shape index (κ2) is 7.24. The molecule has 1 heterocycles. The number of amides is 2. The number of benzene rings is 2. The van der Waals surface area contributed by atoms with Gasteiger partial charge in [-0.15, -0.1) is 0 Å². The normalized spacial score (nSPS) is 17.2. The molecule has 4 nitrogen and oxygen atoms in total. The van der Waals surface area contributed by atoms with Crippen LogP contribution < -0.4 is 10.2 Å². The standard InChI is InChI=1S/C18H16Cl2N2O2/c19-13-5-7-14(8-6-13)22-11-12(9-17(22)23)10-21-18(24)15-3-1-2-4-16(15)20/h1-8,12H,9-11H2,(H,21,24)/t12-/m0/s1. The zero-order chi connectivity index (χ0) is 17.1. The van der Waals surface area contributed by atoms with E-state index in [0.717, 1.165) is 5.69 Å². The topological polar surface area (TPSA) is 49.4 Å². The number of hydrogen-bond acceptors (Lipinski definition) is 2. The Morgan fingerprint density at radius 2 is 1.83 bits per heavy atom. The second-order valence-corrected chi connectivity index (χ2v) is 6.58. The molecular formula is C18H16Cl2N2O2. The molecule has 1 saturated heterocycles. The van der Waals surface area contributed by atoms with Crippen LogP contribution in [0.5, 0.6) is 0 Å². The third kappa shape index (κ3) is 3.71. The molecule has 0 saturated carbocycles. The van der Waals surface area contributed by atoms with Gasteiger partial charge in [0.15, 0.2) is 0 Å². The Labute approximate surface area is 150 Å². The summed E-state index contributed by atoms with van der Waals surface area (Å²) in [6.45, 7) is 1.00. The Morgan fingerprint density at radius 1 is 1.12 bits per heavy atom. The molecule has 0 unspecified atom stereocenters. The van der Waals surface area contributed by atoms with E-state index >= 15 is 0 Å². The number of anilines is 1. The second-order valence-electron chi connectivity index (χ2n) is 5.74. The van der Waals surface area contributed by atoms with Gasteiger partial charge in [0.05, 0.1) is 10.6 Å². The molecule has 0 aliphatic carbocycles. The van der Waals surface area contributed by atoms with E-state index in [0.29, 0.717) is 35.1 Å². The first-order valence-electron chi connectivity index (χ1n) is 7.63. The number of nitrogens with one attached hydrogen (secondary N) is 1. The van der Waals surface area contributed by atoms with Crippen molar-refractivity contribution < 1.29 is 9.59 Å². The van der Waals surface area contributed by atoms with Crippen LogP contribution in [0.15, 0.2) is 48.5 Å². The Kier molecular flexibility index (Phi) is 5.07. The van der Waals surface area contributed by atoms with Crippen LogP contribution >= 0.6 is 23.2 Å². The first kappa shape index (κ1) is 16.8. The highest BCUT2D eigenvalue weighted by Crippen LogP contribution is 2.26. The smallest absolute Gasteiger partial charge is 0.252 e. The Balaban J connectivity index is 1.59. The maximum atomic E-state index is 12.2. The molecule has 1 fully saturated rings. The van der Waals surface area contributed by atoms with Gasteiger partial charge in [0.25, 0.3) is 5.91 Å². The zero-order valence-electron chi connectivity index (χ0n) is 12.8. The van der Waals surface area contributed by atoms with Gasteiger partial charge in [0, 0.05) is 36.1 Å². The maximum absolute atomic E-state index is 12.2. The molecule has 0 bridgehead atoms. The van der Waals surface area contributed by atoms with E-state index in [-0.39, 0.29) is 17.7 Å². The van der Waals surface area contributed by atoms with E-state index in [2.05, 4.69) is 5.32 Å². The van der Waals surface area contributed by atoms with Crippen LogP contribution in [0.1, 0.15) is 16.8 Å². The van der Waals surface area contributed by atoms with Crippen molar-refractivity contribution in [3.05, 3.63) is 64.1 Å².